The minimum atomic E-state index is -0.418. The molecule has 1 atom stereocenters. The number of amides is 2. The molecule has 7 heteroatoms. The molecule has 2 aromatic carbocycles. The maximum Gasteiger partial charge on any atom is 0.268 e. The van der Waals surface area contributed by atoms with Gasteiger partial charge in [-0.15, -0.1) is 11.3 Å². The van der Waals surface area contributed by atoms with Crippen molar-refractivity contribution < 1.29 is 19.1 Å². The maximum absolute atomic E-state index is 13.3. The van der Waals surface area contributed by atoms with Crippen LogP contribution < -0.4 is 20.1 Å². The molecule has 0 spiro atoms. The standard InChI is InChI=1S/C27H30N2O4S/c1-6-22(21-11-9-17(2)14-18(21)3)28-27(31)23(16-20-8-7-13-34-20)29-26(30)19-10-12-24(32-4)25(15-19)33-5/h7-16,22H,6H2,1-5H3,(H,28,31)(H,29,30)/b23-16-/t22-/m0/s1. The highest BCUT2D eigenvalue weighted by Crippen LogP contribution is 2.28. The molecule has 0 aliphatic rings. The molecule has 6 nitrogen and oxygen atoms in total. The van der Waals surface area contributed by atoms with Crippen LogP contribution in [0.4, 0.5) is 0 Å². The number of nitrogens with one attached hydrogen (secondary N) is 2. The molecule has 0 unspecified atom stereocenters. The Labute approximate surface area is 204 Å². The topological polar surface area (TPSA) is 76.7 Å². The van der Waals surface area contributed by atoms with E-state index in [4.69, 9.17) is 9.47 Å². The smallest absolute Gasteiger partial charge is 0.268 e. The molecule has 0 saturated heterocycles. The first-order valence-electron chi connectivity index (χ1n) is 11.0. The molecule has 0 fully saturated rings. The molecule has 0 bridgehead atoms. The number of ether oxygens (including phenoxy) is 2. The second-order valence-electron chi connectivity index (χ2n) is 7.89. The van der Waals surface area contributed by atoms with E-state index in [1.165, 1.54) is 31.1 Å². The van der Waals surface area contributed by atoms with E-state index in [1.807, 2.05) is 50.4 Å². The fourth-order valence-electron chi connectivity index (χ4n) is 3.70. The average Bonchev–Trinajstić information content (AvgIpc) is 3.35. The third-order valence-electron chi connectivity index (χ3n) is 5.48. The molecule has 3 aromatic rings. The van der Waals surface area contributed by atoms with E-state index in [9.17, 15) is 9.59 Å². The normalized spacial score (nSPS) is 12.1. The Morgan fingerprint density at radius 2 is 1.79 bits per heavy atom. The Bertz CT molecular complexity index is 1190. The monoisotopic (exact) mass is 478 g/mol. The van der Waals surface area contributed by atoms with Crippen LogP contribution in [0.3, 0.4) is 0 Å². The van der Waals surface area contributed by atoms with Crippen LogP contribution in [0, 0.1) is 13.8 Å². The molecule has 1 aromatic heterocycles. The van der Waals surface area contributed by atoms with E-state index in [1.54, 1.807) is 24.3 Å². The molecular formula is C27H30N2O4S. The van der Waals surface area contributed by atoms with E-state index in [0.29, 0.717) is 23.5 Å². The lowest BCUT2D eigenvalue weighted by molar-refractivity contribution is -0.118. The van der Waals surface area contributed by atoms with Gasteiger partial charge in [-0.1, -0.05) is 36.8 Å². The highest BCUT2D eigenvalue weighted by atomic mass is 32.1. The van der Waals surface area contributed by atoms with Gasteiger partial charge in [-0.3, -0.25) is 9.59 Å². The molecule has 0 radical (unpaired) electrons. The first-order valence-corrected chi connectivity index (χ1v) is 11.9. The Morgan fingerprint density at radius 3 is 2.41 bits per heavy atom. The van der Waals surface area contributed by atoms with Crippen molar-refractivity contribution in [1.82, 2.24) is 10.6 Å². The molecule has 0 saturated carbocycles. The summed E-state index contributed by atoms with van der Waals surface area (Å²) >= 11 is 1.48. The van der Waals surface area contributed by atoms with Crippen molar-refractivity contribution in [2.24, 2.45) is 0 Å². The SMILES string of the molecule is CC[C@H](NC(=O)/C(=C/c1cccs1)NC(=O)c1ccc(OC)c(OC)c1)c1ccc(C)cc1C. The first-order chi connectivity index (χ1) is 16.4. The van der Waals surface area contributed by atoms with Crippen LogP contribution in [-0.2, 0) is 4.79 Å². The lowest BCUT2D eigenvalue weighted by atomic mass is 9.97. The molecule has 178 valence electrons. The van der Waals surface area contributed by atoms with Crippen molar-refractivity contribution in [3.8, 4) is 11.5 Å². The van der Waals surface area contributed by atoms with Crippen molar-refractivity contribution in [1.29, 1.82) is 0 Å². The summed E-state index contributed by atoms with van der Waals surface area (Å²) in [5, 5.41) is 7.80. The second-order valence-corrected chi connectivity index (χ2v) is 8.87. The summed E-state index contributed by atoms with van der Waals surface area (Å²) in [5.41, 5.74) is 3.87. The van der Waals surface area contributed by atoms with Gasteiger partial charge in [-0.25, -0.2) is 0 Å². The summed E-state index contributed by atoms with van der Waals surface area (Å²) < 4.78 is 10.5. The lowest BCUT2D eigenvalue weighted by Crippen LogP contribution is -2.37. The van der Waals surface area contributed by atoms with Crippen LogP contribution in [0.2, 0.25) is 0 Å². The van der Waals surface area contributed by atoms with Crippen LogP contribution >= 0.6 is 11.3 Å². The van der Waals surface area contributed by atoms with E-state index in [0.717, 1.165) is 16.0 Å². The number of rotatable bonds is 9. The van der Waals surface area contributed by atoms with Gasteiger partial charge < -0.3 is 20.1 Å². The summed E-state index contributed by atoms with van der Waals surface area (Å²) in [6.07, 6.45) is 2.40. The van der Waals surface area contributed by atoms with Crippen molar-refractivity contribution >= 4 is 29.2 Å². The van der Waals surface area contributed by atoms with Crippen molar-refractivity contribution in [2.45, 2.75) is 33.2 Å². The van der Waals surface area contributed by atoms with E-state index < -0.39 is 5.91 Å². The number of aryl methyl sites for hydroxylation is 2. The average molecular weight is 479 g/mol. The predicted octanol–water partition coefficient (Wildman–Crippen LogP) is 5.42. The minimum Gasteiger partial charge on any atom is -0.493 e. The van der Waals surface area contributed by atoms with Gasteiger partial charge in [0.1, 0.15) is 5.70 Å². The first kappa shape index (κ1) is 25.1. The predicted molar refractivity (Wildman–Crippen MR) is 136 cm³/mol. The van der Waals surface area contributed by atoms with Crippen LogP contribution in [0.15, 0.2) is 59.6 Å². The highest BCUT2D eigenvalue weighted by molar-refractivity contribution is 7.10. The summed E-state index contributed by atoms with van der Waals surface area (Å²) in [4.78, 5) is 27.3. The molecular weight excluding hydrogens is 448 g/mol. The largest absolute Gasteiger partial charge is 0.493 e. The van der Waals surface area contributed by atoms with E-state index in [-0.39, 0.29) is 17.6 Å². The molecule has 2 amide bonds. The van der Waals surface area contributed by atoms with E-state index >= 15 is 0 Å². The lowest BCUT2D eigenvalue weighted by Gasteiger charge is -2.21. The third-order valence-corrected chi connectivity index (χ3v) is 6.30. The molecule has 0 aliphatic heterocycles. The van der Waals surface area contributed by atoms with Crippen molar-refractivity contribution in [3.63, 3.8) is 0 Å². The zero-order valence-electron chi connectivity index (χ0n) is 20.1. The van der Waals surface area contributed by atoms with Crippen LogP contribution in [0.5, 0.6) is 11.5 Å². The van der Waals surface area contributed by atoms with Gasteiger partial charge in [0.05, 0.1) is 20.3 Å². The third kappa shape index (κ3) is 6.05. The number of carbonyl (C=O) groups excluding carboxylic acids is 2. The van der Waals surface area contributed by atoms with Crippen LogP contribution in [0.1, 0.15) is 51.3 Å². The van der Waals surface area contributed by atoms with Gasteiger partial charge in [-0.05, 0) is 67.1 Å². The van der Waals surface area contributed by atoms with Gasteiger partial charge in [0.25, 0.3) is 11.8 Å². The van der Waals surface area contributed by atoms with Crippen molar-refractivity contribution in [3.05, 3.63) is 86.7 Å². The Morgan fingerprint density at radius 1 is 1.03 bits per heavy atom. The Hall–Kier alpha value is -3.58. The minimum absolute atomic E-state index is 0.172. The summed E-state index contributed by atoms with van der Waals surface area (Å²) in [6.45, 7) is 6.11. The van der Waals surface area contributed by atoms with E-state index in [2.05, 4.69) is 16.7 Å². The molecule has 34 heavy (non-hydrogen) atoms. The van der Waals surface area contributed by atoms with Gasteiger partial charge in [0.2, 0.25) is 0 Å². The van der Waals surface area contributed by atoms with Gasteiger partial charge >= 0.3 is 0 Å². The number of benzene rings is 2. The fourth-order valence-corrected chi connectivity index (χ4v) is 4.36. The second kappa shape index (κ2) is 11.5. The Balaban J connectivity index is 1.87. The molecule has 1 heterocycles. The summed E-state index contributed by atoms with van der Waals surface area (Å²) in [6, 6.07) is 14.7. The van der Waals surface area contributed by atoms with Crippen molar-refractivity contribution in [2.75, 3.05) is 14.2 Å². The zero-order chi connectivity index (χ0) is 24.7. The molecule has 3 rings (SSSR count). The van der Waals surface area contributed by atoms with Gasteiger partial charge in [-0.2, -0.15) is 0 Å². The number of thiophene rings is 1. The quantitative estimate of drug-likeness (QED) is 0.403. The number of hydrogen-bond acceptors (Lipinski definition) is 5. The number of hydrogen-bond donors (Lipinski definition) is 2. The zero-order valence-corrected chi connectivity index (χ0v) is 20.9. The van der Waals surface area contributed by atoms with Gasteiger partial charge in [0, 0.05) is 10.4 Å². The Kier molecular flexibility index (Phi) is 8.49. The fraction of sp³-hybridized carbons (Fsp3) is 0.259. The summed E-state index contributed by atoms with van der Waals surface area (Å²) in [5.74, 6) is 0.183. The van der Waals surface area contributed by atoms with Crippen LogP contribution in [-0.4, -0.2) is 26.0 Å². The maximum atomic E-state index is 13.3. The van der Waals surface area contributed by atoms with Crippen LogP contribution in [0.25, 0.3) is 6.08 Å². The summed E-state index contributed by atoms with van der Waals surface area (Å²) in [7, 11) is 3.04. The number of methoxy groups -OCH3 is 2. The molecule has 0 aliphatic carbocycles. The highest BCUT2D eigenvalue weighted by Gasteiger charge is 2.21. The van der Waals surface area contributed by atoms with Gasteiger partial charge in [0.15, 0.2) is 11.5 Å². The number of carbonyl (C=O) groups is 2. The molecule has 2 N–H and O–H groups in total.